The van der Waals surface area contributed by atoms with Crippen molar-refractivity contribution in [3.05, 3.63) is 35.6 Å². The predicted molar refractivity (Wildman–Crippen MR) is 80.1 cm³/mol. The molecule has 0 radical (unpaired) electrons. The Kier molecular flexibility index (Phi) is 5.83. The number of benzene rings is 1. The molecular formula is C16H22BrFO. The molecule has 0 amide bonds. The Morgan fingerprint density at radius 3 is 2.84 bits per heavy atom. The Bertz CT molecular complexity index is 396. The fourth-order valence-electron chi connectivity index (χ4n) is 2.90. The van der Waals surface area contributed by atoms with Gasteiger partial charge in [-0.15, -0.1) is 0 Å². The molecule has 0 heterocycles. The molecule has 1 aliphatic carbocycles. The highest BCUT2D eigenvalue weighted by Crippen LogP contribution is 2.33. The highest BCUT2D eigenvalue weighted by Gasteiger charge is 2.25. The SMILES string of the molecule is CCC1CCCC(OC(CBr)c2ccccc2F)C1. The zero-order valence-corrected chi connectivity index (χ0v) is 13.0. The Balaban J connectivity index is 2.01. The normalized spacial score (nSPS) is 25.2. The van der Waals surface area contributed by atoms with Crippen molar-refractivity contribution in [1.82, 2.24) is 0 Å². The van der Waals surface area contributed by atoms with Crippen molar-refractivity contribution in [2.24, 2.45) is 5.92 Å². The minimum Gasteiger partial charge on any atom is -0.369 e. The molecule has 1 saturated carbocycles. The summed E-state index contributed by atoms with van der Waals surface area (Å²) in [7, 11) is 0. The second-order valence-corrected chi connectivity index (χ2v) is 6.01. The van der Waals surface area contributed by atoms with Crippen molar-refractivity contribution in [3.63, 3.8) is 0 Å². The highest BCUT2D eigenvalue weighted by molar-refractivity contribution is 9.09. The summed E-state index contributed by atoms with van der Waals surface area (Å²) in [6.07, 6.45) is 6.09. The molecule has 1 fully saturated rings. The van der Waals surface area contributed by atoms with Crippen LogP contribution in [0.15, 0.2) is 24.3 Å². The van der Waals surface area contributed by atoms with Gasteiger partial charge in [-0.25, -0.2) is 4.39 Å². The van der Waals surface area contributed by atoms with E-state index < -0.39 is 0 Å². The van der Waals surface area contributed by atoms with Crippen LogP contribution < -0.4 is 0 Å². The van der Waals surface area contributed by atoms with E-state index in [1.165, 1.54) is 25.3 Å². The quantitative estimate of drug-likeness (QED) is 0.671. The first-order valence-corrected chi connectivity index (χ1v) is 8.32. The lowest BCUT2D eigenvalue weighted by Gasteiger charge is -2.31. The van der Waals surface area contributed by atoms with E-state index in [1.54, 1.807) is 6.07 Å². The summed E-state index contributed by atoms with van der Waals surface area (Å²) in [6.45, 7) is 2.24. The van der Waals surface area contributed by atoms with Crippen LogP contribution in [0.3, 0.4) is 0 Å². The first kappa shape index (κ1) is 15.0. The third-order valence-corrected chi connectivity index (χ3v) is 4.65. The maximum Gasteiger partial charge on any atom is 0.129 e. The van der Waals surface area contributed by atoms with Crippen LogP contribution in [0.5, 0.6) is 0 Å². The molecule has 1 aromatic carbocycles. The second kappa shape index (κ2) is 7.39. The van der Waals surface area contributed by atoms with Crippen molar-refractivity contribution in [3.8, 4) is 0 Å². The van der Waals surface area contributed by atoms with Crippen LogP contribution in [0.1, 0.15) is 50.7 Å². The molecule has 0 N–H and O–H groups in total. The van der Waals surface area contributed by atoms with Crippen molar-refractivity contribution < 1.29 is 9.13 Å². The summed E-state index contributed by atoms with van der Waals surface area (Å²) in [5, 5.41) is 0.640. The fourth-order valence-corrected chi connectivity index (χ4v) is 3.40. The lowest BCUT2D eigenvalue weighted by Crippen LogP contribution is -2.25. The largest absolute Gasteiger partial charge is 0.369 e. The Morgan fingerprint density at radius 2 is 2.16 bits per heavy atom. The topological polar surface area (TPSA) is 9.23 Å². The van der Waals surface area contributed by atoms with Crippen LogP contribution in [0.2, 0.25) is 0 Å². The van der Waals surface area contributed by atoms with E-state index in [-0.39, 0.29) is 18.0 Å². The van der Waals surface area contributed by atoms with Gasteiger partial charge in [-0.05, 0) is 24.8 Å². The molecule has 0 aromatic heterocycles. The molecule has 0 bridgehead atoms. The van der Waals surface area contributed by atoms with E-state index >= 15 is 0 Å². The van der Waals surface area contributed by atoms with Crippen LogP contribution >= 0.6 is 15.9 Å². The lowest BCUT2D eigenvalue weighted by atomic mass is 9.85. The first-order chi connectivity index (χ1) is 9.24. The van der Waals surface area contributed by atoms with Gasteiger partial charge in [0.25, 0.3) is 0 Å². The van der Waals surface area contributed by atoms with Gasteiger partial charge in [0, 0.05) is 10.9 Å². The van der Waals surface area contributed by atoms with E-state index in [9.17, 15) is 4.39 Å². The van der Waals surface area contributed by atoms with E-state index in [0.717, 1.165) is 18.8 Å². The van der Waals surface area contributed by atoms with Gasteiger partial charge in [-0.1, -0.05) is 60.3 Å². The average Bonchev–Trinajstić information content (AvgIpc) is 2.46. The first-order valence-electron chi connectivity index (χ1n) is 7.20. The van der Waals surface area contributed by atoms with Crippen LogP contribution in [-0.4, -0.2) is 11.4 Å². The number of rotatable bonds is 5. The third kappa shape index (κ3) is 4.03. The lowest BCUT2D eigenvalue weighted by molar-refractivity contribution is -0.0325. The second-order valence-electron chi connectivity index (χ2n) is 5.36. The van der Waals surface area contributed by atoms with Crippen molar-refractivity contribution >= 4 is 15.9 Å². The van der Waals surface area contributed by atoms with Crippen molar-refractivity contribution in [2.45, 2.75) is 51.2 Å². The van der Waals surface area contributed by atoms with Crippen LogP contribution in [0.4, 0.5) is 4.39 Å². The van der Waals surface area contributed by atoms with Gasteiger partial charge in [0.15, 0.2) is 0 Å². The molecule has 0 spiro atoms. The van der Waals surface area contributed by atoms with Crippen LogP contribution in [0, 0.1) is 11.7 Å². The van der Waals surface area contributed by atoms with E-state index in [1.807, 2.05) is 12.1 Å². The maximum atomic E-state index is 13.8. The van der Waals surface area contributed by atoms with Crippen molar-refractivity contribution in [1.29, 1.82) is 0 Å². The number of halogens is 2. The number of ether oxygens (including phenoxy) is 1. The standard InChI is InChI=1S/C16H22BrFO/c1-2-12-6-5-7-13(10-12)19-16(11-17)14-8-3-4-9-15(14)18/h3-4,8-9,12-13,16H,2,5-7,10-11H2,1H3. The predicted octanol–water partition coefficient (Wildman–Crippen LogP) is 5.25. The monoisotopic (exact) mass is 328 g/mol. The smallest absolute Gasteiger partial charge is 0.129 e. The highest BCUT2D eigenvalue weighted by atomic mass is 79.9. The van der Waals surface area contributed by atoms with Gasteiger partial charge in [-0.3, -0.25) is 0 Å². The molecule has 0 saturated heterocycles. The minimum absolute atomic E-state index is 0.171. The van der Waals surface area contributed by atoms with Crippen LogP contribution in [0.25, 0.3) is 0 Å². The van der Waals surface area contributed by atoms with Gasteiger partial charge in [0.05, 0.1) is 12.2 Å². The molecular weight excluding hydrogens is 307 g/mol. The molecule has 0 aliphatic heterocycles. The Morgan fingerprint density at radius 1 is 1.37 bits per heavy atom. The fraction of sp³-hybridized carbons (Fsp3) is 0.625. The Labute approximate surface area is 123 Å². The van der Waals surface area contributed by atoms with Gasteiger partial charge in [0.2, 0.25) is 0 Å². The summed E-state index contributed by atoms with van der Waals surface area (Å²) in [4.78, 5) is 0. The molecule has 3 atom stereocenters. The summed E-state index contributed by atoms with van der Waals surface area (Å²) in [5.74, 6) is 0.602. The zero-order chi connectivity index (χ0) is 13.7. The van der Waals surface area contributed by atoms with E-state index in [4.69, 9.17) is 4.74 Å². The third-order valence-electron chi connectivity index (χ3n) is 4.06. The maximum absolute atomic E-state index is 13.8. The van der Waals surface area contributed by atoms with Gasteiger partial charge >= 0.3 is 0 Å². The molecule has 1 aliphatic rings. The Hall–Kier alpha value is -0.410. The van der Waals surface area contributed by atoms with Gasteiger partial charge < -0.3 is 4.74 Å². The summed E-state index contributed by atoms with van der Waals surface area (Å²) >= 11 is 3.45. The molecule has 3 heteroatoms. The van der Waals surface area contributed by atoms with Crippen LogP contribution in [-0.2, 0) is 4.74 Å². The van der Waals surface area contributed by atoms with Gasteiger partial charge in [0.1, 0.15) is 5.82 Å². The molecule has 2 rings (SSSR count). The number of hydrogen-bond acceptors (Lipinski definition) is 1. The average molecular weight is 329 g/mol. The van der Waals surface area contributed by atoms with E-state index in [2.05, 4.69) is 22.9 Å². The molecule has 1 nitrogen and oxygen atoms in total. The summed E-state index contributed by atoms with van der Waals surface area (Å²) < 4.78 is 20.0. The summed E-state index contributed by atoms with van der Waals surface area (Å²) in [5.41, 5.74) is 0.665. The minimum atomic E-state index is -0.179. The zero-order valence-electron chi connectivity index (χ0n) is 11.4. The van der Waals surface area contributed by atoms with Gasteiger partial charge in [-0.2, -0.15) is 0 Å². The molecule has 106 valence electrons. The van der Waals surface area contributed by atoms with E-state index in [0.29, 0.717) is 10.9 Å². The molecule has 3 unspecified atom stereocenters. The molecule has 1 aromatic rings. The molecule has 19 heavy (non-hydrogen) atoms. The number of hydrogen-bond donors (Lipinski definition) is 0. The summed E-state index contributed by atoms with van der Waals surface area (Å²) in [6, 6.07) is 6.91. The van der Waals surface area contributed by atoms with Crippen molar-refractivity contribution in [2.75, 3.05) is 5.33 Å². The number of alkyl halides is 1.